The molecule has 0 atom stereocenters. The second kappa shape index (κ2) is 14.2. The van der Waals surface area contributed by atoms with Crippen molar-refractivity contribution in [3.63, 3.8) is 0 Å². The number of hydrogen-bond acceptors (Lipinski definition) is 7. The lowest BCUT2D eigenvalue weighted by atomic mass is 9.94. The number of carbonyl (C=O) groups is 1. The molecule has 9 heteroatoms. The first-order valence-corrected chi connectivity index (χ1v) is 17.9. The standard InChI is InChI=1S/C45H36F2N4O3/c1-27-37(29(3)53-48-27)15-13-31-21-39(43(46)41(23-31)50-19-17-33-9-5-7-11-35(33)25-50)45(52)40-22-32(14-16-38-28(2)49-54-30(38)4)24-42(44(40)47)51-20-18-34-10-6-8-12-36(34)26-51/h5-12,21-24H,17-20,25-26H2,1-4H3. The molecule has 2 aliphatic heterocycles. The van der Waals surface area contributed by atoms with Crippen LogP contribution in [0.3, 0.4) is 0 Å². The van der Waals surface area contributed by atoms with Crippen molar-refractivity contribution in [3.05, 3.63) is 163 Å². The summed E-state index contributed by atoms with van der Waals surface area (Å²) in [5.74, 6) is 11.3. The molecule has 0 saturated heterocycles. The van der Waals surface area contributed by atoms with Gasteiger partial charge in [0.05, 0.1) is 45.0 Å². The lowest BCUT2D eigenvalue weighted by Gasteiger charge is -2.32. The Kier molecular flexibility index (Phi) is 9.09. The number of aryl methyl sites for hydroxylation is 4. The van der Waals surface area contributed by atoms with Crippen molar-refractivity contribution in [2.45, 2.75) is 53.6 Å². The predicted molar refractivity (Wildman–Crippen MR) is 203 cm³/mol. The van der Waals surface area contributed by atoms with Crippen LogP contribution in [0, 0.1) is 63.0 Å². The maximum Gasteiger partial charge on any atom is 0.199 e. The number of carbonyl (C=O) groups excluding carboxylic acids is 1. The van der Waals surface area contributed by atoms with Gasteiger partial charge < -0.3 is 18.8 Å². The highest BCUT2D eigenvalue weighted by atomic mass is 19.1. The number of nitrogens with zero attached hydrogens (tertiary/aromatic N) is 4. The van der Waals surface area contributed by atoms with Crippen LogP contribution in [-0.2, 0) is 25.9 Å². The Labute approximate surface area is 312 Å². The highest BCUT2D eigenvalue weighted by molar-refractivity contribution is 6.11. The Morgan fingerprint density at radius 1 is 0.611 bits per heavy atom. The predicted octanol–water partition coefficient (Wildman–Crippen LogP) is 8.33. The number of rotatable bonds is 4. The molecule has 0 N–H and O–H groups in total. The summed E-state index contributed by atoms with van der Waals surface area (Å²) in [6.07, 6.45) is 1.41. The van der Waals surface area contributed by atoms with Crippen LogP contribution in [0.25, 0.3) is 0 Å². The Hall–Kier alpha value is -6.45. The van der Waals surface area contributed by atoms with Gasteiger partial charge in [0.15, 0.2) is 17.4 Å². The molecule has 0 spiro atoms. The lowest BCUT2D eigenvalue weighted by molar-refractivity contribution is 0.103. The number of benzene rings is 4. The third-order valence-corrected chi connectivity index (χ3v) is 10.3. The van der Waals surface area contributed by atoms with Gasteiger partial charge in [-0.3, -0.25) is 4.79 Å². The van der Waals surface area contributed by atoms with Gasteiger partial charge in [-0.05, 0) is 87.1 Å². The molecule has 4 heterocycles. The Morgan fingerprint density at radius 2 is 1.02 bits per heavy atom. The SMILES string of the molecule is Cc1noc(C)c1C#Cc1cc(C(=O)c2cc(C#Cc3c(C)noc3C)cc(N3CCc4ccccc4C3)c2F)c(F)c(N2CCc3ccccc3C2)c1. The van der Waals surface area contributed by atoms with Gasteiger partial charge in [0.2, 0.25) is 0 Å². The highest BCUT2D eigenvalue weighted by Gasteiger charge is 2.29. The van der Waals surface area contributed by atoms with Crippen LogP contribution in [0.1, 0.15) is 83.3 Å². The summed E-state index contributed by atoms with van der Waals surface area (Å²) < 4.78 is 44.5. The summed E-state index contributed by atoms with van der Waals surface area (Å²) in [6, 6.07) is 22.2. The van der Waals surface area contributed by atoms with Crippen LogP contribution in [0.4, 0.5) is 20.2 Å². The van der Waals surface area contributed by atoms with Crippen molar-refractivity contribution in [1.29, 1.82) is 0 Å². The van der Waals surface area contributed by atoms with E-state index in [0.717, 1.165) is 11.1 Å². The average Bonchev–Trinajstić information content (AvgIpc) is 3.69. The first-order chi connectivity index (χ1) is 26.1. The van der Waals surface area contributed by atoms with E-state index in [0.29, 0.717) is 84.2 Å². The van der Waals surface area contributed by atoms with Crippen molar-refractivity contribution in [3.8, 4) is 23.7 Å². The van der Waals surface area contributed by atoms with E-state index in [2.05, 4.69) is 46.1 Å². The fraction of sp³-hybridized carbons (Fsp3) is 0.222. The molecule has 0 unspecified atom stereocenters. The van der Waals surface area contributed by atoms with Gasteiger partial charge in [-0.25, -0.2) is 8.78 Å². The van der Waals surface area contributed by atoms with Crippen molar-refractivity contribution >= 4 is 17.2 Å². The van der Waals surface area contributed by atoms with E-state index < -0.39 is 17.4 Å². The summed E-state index contributed by atoms with van der Waals surface area (Å²) in [7, 11) is 0. The van der Waals surface area contributed by atoms with Gasteiger partial charge in [-0.1, -0.05) is 82.5 Å². The highest BCUT2D eigenvalue weighted by Crippen LogP contribution is 2.34. The first kappa shape index (κ1) is 34.6. The Bertz CT molecular complexity index is 2380. The Morgan fingerprint density at radius 3 is 1.41 bits per heavy atom. The van der Waals surface area contributed by atoms with Gasteiger partial charge >= 0.3 is 0 Å². The summed E-state index contributed by atoms with van der Waals surface area (Å²) in [5, 5.41) is 7.99. The fourth-order valence-electron chi connectivity index (χ4n) is 7.29. The van der Waals surface area contributed by atoms with Crippen LogP contribution in [-0.4, -0.2) is 29.2 Å². The Balaban J connectivity index is 1.26. The zero-order chi connectivity index (χ0) is 37.5. The molecule has 8 rings (SSSR count). The molecule has 268 valence electrons. The monoisotopic (exact) mass is 718 g/mol. The number of anilines is 2. The molecule has 2 aliphatic rings. The van der Waals surface area contributed by atoms with Crippen LogP contribution in [0.5, 0.6) is 0 Å². The largest absolute Gasteiger partial charge is 0.364 e. The van der Waals surface area contributed by atoms with Gasteiger partial charge in [-0.15, -0.1) is 0 Å². The molecule has 0 saturated carbocycles. The third-order valence-electron chi connectivity index (χ3n) is 10.3. The minimum Gasteiger partial charge on any atom is -0.364 e. The molecular weight excluding hydrogens is 683 g/mol. The zero-order valence-electron chi connectivity index (χ0n) is 30.4. The van der Waals surface area contributed by atoms with Gasteiger partial charge in [-0.2, -0.15) is 0 Å². The second-order valence-electron chi connectivity index (χ2n) is 13.8. The van der Waals surface area contributed by atoms with Crippen molar-refractivity contribution in [2.75, 3.05) is 22.9 Å². The van der Waals surface area contributed by atoms with Crippen LogP contribution < -0.4 is 9.80 Å². The zero-order valence-corrected chi connectivity index (χ0v) is 30.4. The third kappa shape index (κ3) is 6.54. The summed E-state index contributed by atoms with van der Waals surface area (Å²) >= 11 is 0. The van der Waals surface area contributed by atoms with E-state index in [1.54, 1.807) is 39.8 Å². The molecule has 0 aliphatic carbocycles. The minimum atomic E-state index is -0.802. The second-order valence-corrected chi connectivity index (χ2v) is 13.8. The van der Waals surface area contributed by atoms with Crippen molar-refractivity contribution < 1.29 is 22.6 Å². The molecule has 0 bridgehead atoms. The summed E-state index contributed by atoms with van der Waals surface area (Å²) in [6.45, 7) is 9.08. The molecule has 0 amide bonds. The molecular formula is C45H36F2N4O3. The van der Waals surface area contributed by atoms with Crippen molar-refractivity contribution in [1.82, 2.24) is 10.3 Å². The molecule has 0 radical (unpaired) electrons. The fourth-order valence-corrected chi connectivity index (χ4v) is 7.29. The van der Waals surface area contributed by atoms with Crippen LogP contribution in [0.15, 0.2) is 81.8 Å². The van der Waals surface area contributed by atoms with Crippen molar-refractivity contribution in [2.24, 2.45) is 0 Å². The topological polar surface area (TPSA) is 75.6 Å². The normalized spacial score (nSPS) is 13.4. The number of fused-ring (bicyclic) bond motifs is 2. The summed E-state index contributed by atoms with van der Waals surface area (Å²) in [4.78, 5) is 18.5. The maximum absolute atomic E-state index is 17.0. The van der Waals surface area contributed by atoms with Gasteiger partial charge in [0, 0.05) is 37.3 Å². The number of hydrogen-bond donors (Lipinski definition) is 0. The van der Waals surface area contributed by atoms with E-state index in [1.807, 2.05) is 46.2 Å². The number of ketones is 1. The first-order valence-electron chi connectivity index (χ1n) is 17.9. The maximum atomic E-state index is 17.0. The number of halogens is 2. The van der Waals surface area contributed by atoms with Gasteiger partial charge in [0.25, 0.3) is 0 Å². The summed E-state index contributed by atoms with van der Waals surface area (Å²) in [5.41, 5.74) is 7.71. The number of aromatic nitrogens is 2. The van der Waals surface area contributed by atoms with Crippen LogP contribution in [0.2, 0.25) is 0 Å². The van der Waals surface area contributed by atoms with E-state index in [9.17, 15) is 4.79 Å². The minimum absolute atomic E-state index is 0.223. The average molecular weight is 719 g/mol. The van der Waals surface area contributed by atoms with Gasteiger partial charge in [0.1, 0.15) is 11.5 Å². The molecule has 6 aromatic rings. The molecule has 4 aromatic carbocycles. The molecule has 54 heavy (non-hydrogen) atoms. The smallest absolute Gasteiger partial charge is 0.199 e. The molecule has 2 aromatic heterocycles. The van der Waals surface area contributed by atoms with Crippen LogP contribution >= 0.6 is 0 Å². The van der Waals surface area contributed by atoms with E-state index in [4.69, 9.17) is 9.05 Å². The molecule has 7 nitrogen and oxygen atoms in total. The quantitative estimate of drug-likeness (QED) is 0.134. The lowest BCUT2D eigenvalue weighted by Crippen LogP contribution is -2.32. The van der Waals surface area contributed by atoms with E-state index in [1.165, 1.54) is 23.3 Å². The van der Waals surface area contributed by atoms with E-state index >= 15 is 8.78 Å². The van der Waals surface area contributed by atoms with E-state index in [-0.39, 0.29) is 22.5 Å². The molecule has 0 fully saturated rings.